The van der Waals surface area contributed by atoms with Crippen LogP contribution in [0.15, 0.2) is 60.9 Å². The molecule has 31 heavy (non-hydrogen) atoms. The standard InChI is InChI=1S/C23H27N5O3/c29-22(30)19(17-5-2-1-3-6-17)16-27-18-7-8-20-21(15-18)31-14-13-28(20)12-4-9-24-23-25-10-11-26-23/h1-3,5-8,10-11,15,19,27H,4,9,12-14,16H2,(H,29,30)(H2,24,25,26). The number of hydrogen-bond acceptors (Lipinski definition) is 6. The molecule has 0 aliphatic carbocycles. The van der Waals surface area contributed by atoms with Crippen LogP contribution in [0.1, 0.15) is 17.9 Å². The minimum absolute atomic E-state index is 0.306. The van der Waals surface area contributed by atoms with Crippen LogP contribution in [-0.4, -0.2) is 53.8 Å². The van der Waals surface area contributed by atoms with Gasteiger partial charge in [0.1, 0.15) is 12.4 Å². The number of aromatic amines is 1. The summed E-state index contributed by atoms with van der Waals surface area (Å²) < 4.78 is 5.87. The molecule has 2 aromatic carbocycles. The average Bonchev–Trinajstić information content (AvgIpc) is 3.31. The molecule has 4 rings (SSSR count). The molecule has 0 fully saturated rings. The van der Waals surface area contributed by atoms with Gasteiger partial charge in [0.05, 0.1) is 18.2 Å². The lowest BCUT2D eigenvalue weighted by molar-refractivity contribution is -0.138. The number of rotatable bonds is 10. The van der Waals surface area contributed by atoms with Gasteiger partial charge in [-0.2, -0.15) is 0 Å². The molecule has 1 atom stereocenters. The van der Waals surface area contributed by atoms with Crippen molar-refractivity contribution in [2.24, 2.45) is 0 Å². The van der Waals surface area contributed by atoms with Crippen LogP contribution < -0.4 is 20.3 Å². The number of aliphatic carboxylic acids is 1. The maximum absolute atomic E-state index is 11.7. The number of imidazole rings is 1. The summed E-state index contributed by atoms with van der Waals surface area (Å²) in [6.45, 7) is 3.52. The van der Waals surface area contributed by atoms with Crippen molar-refractivity contribution in [3.8, 4) is 5.75 Å². The van der Waals surface area contributed by atoms with Crippen molar-refractivity contribution in [1.82, 2.24) is 9.97 Å². The Morgan fingerprint density at radius 1 is 1.23 bits per heavy atom. The summed E-state index contributed by atoms with van der Waals surface area (Å²) in [7, 11) is 0. The summed E-state index contributed by atoms with van der Waals surface area (Å²) in [5.74, 6) is 0.147. The second kappa shape index (κ2) is 9.88. The van der Waals surface area contributed by atoms with Gasteiger partial charge in [-0.3, -0.25) is 4.79 Å². The lowest BCUT2D eigenvalue weighted by Crippen LogP contribution is -2.34. The van der Waals surface area contributed by atoms with Crippen LogP contribution in [0.5, 0.6) is 5.75 Å². The molecule has 0 amide bonds. The second-order valence-corrected chi connectivity index (χ2v) is 7.42. The smallest absolute Gasteiger partial charge is 0.312 e. The lowest BCUT2D eigenvalue weighted by Gasteiger charge is -2.31. The summed E-state index contributed by atoms with van der Waals surface area (Å²) in [6.07, 6.45) is 4.49. The summed E-state index contributed by atoms with van der Waals surface area (Å²) in [5, 5.41) is 16.1. The third-order valence-corrected chi connectivity index (χ3v) is 5.33. The molecule has 0 saturated heterocycles. The molecule has 0 spiro atoms. The number of anilines is 3. The van der Waals surface area contributed by atoms with Crippen LogP contribution in [0.3, 0.4) is 0 Å². The number of aromatic nitrogens is 2. The van der Waals surface area contributed by atoms with Crippen molar-refractivity contribution in [3.05, 3.63) is 66.5 Å². The van der Waals surface area contributed by atoms with Crippen LogP contribution in [0.2, 0.25) is 0 Å². The fraction of sp³-hybridized carbons (Fsp3) is 0.304. The predicted octanol–water partition coefficient (Wildman–Crippen LogP) is 3.39. The summed E-state index contributed by atoms with van der Waals surface area (Å²) in [4.78, 5) is 21.2. The molecular weight excluding hydrogens is 394 g/mol. The molecule has 0 radical (unpaired) electrons. The molecule has 8 heteroatoms. The summed E-state index contributed by atoms with van der Waals surface area (Å²) in [6, 6.07) is 15.3. The van der Waals surface area contributed by atoms with E-state index < -0.39 is 11.9 Å². The van der Waals surface area contributed by atoms with Gasteiger partial charge in [0.2, 0.25) is 0 Å². The van der Waals surface area contributed by atoms with Gasteiger partial charge in [-0.05, 0) is 24.1 Å². The van der Waals surface area contributed by atoms with E-state index in [0.29, 0.717) is 13.2 Å². The number of fused-ring (bicyclic) bond motifs is 1. The number of nitrogens with one attached hydrogen (secondary N) is 3. The SMILES string of the molecule is O=C(O)C(CNc1ccc2c(c1)OCCN2CCCNc1ncc[nH]1)c1ccccc1. The van der Waals surface area contributed by atoms with E-state index in [1.807, 2.05) is 48.5 Å². The fourth-order valence-electron chi connectivity index (χ4n) is 3.71. The van der Waals surface area contributed by atoms with Gasteiger partial charge in [-0.1, -0.05) is 30.3 Å². The van der Waals surface area contributed by atoms with Gasteiger partial charge >= 0.3 is 5.97 Å². The molecule has 1 aliphatic rings. The van der Waals surface area contributed by atoms with Crippen molar-refractivity contribution < 1.29 is 14.6 Å². The molecule has 162 valence electrons. The van der Waals surface area contributed by atoms with E-state index in [1.165, 1.54) is 0 Å². The number of H-pyrrole nitrogens is 1. The van der Waals surface area contributed by atoms with Crippen LogP contribution in [0.4, 0.5) is 17.3 Å². The van der Waals surface area contributed by atoms with Crippen LogP contribution in [0.25, 0.3) is 0 Å². The first-order chi connectivity index (χ1) is 15.2. The zero-order valence-electron chi connectivity index (χ0n) is 17.3. The number of nitrogens with zero attached hydrogens (tertiary/aromatic N) is 2. The molecule has 8 nitrogen and oxygen atoms in total. The Hall–Kier alpha value is -3.68. The van der Waals surface area contributed by atoms with E-state index in [1.54, 1.807) is 12.4 Å². The van der Waals surface area contributed by atoms with Crippen LogP contribution >= 0.6 is 0 Å². The first-order valence-electron chi connectivity index (χ1n) is 10.5. The third-order valence-electron chi connectivity index (χ3n) is 5.33. The van der Waals surface area contributed by atoms with Crippen molar-refractivity contribution in [1.29, 1.82) is 0 Å². The van der Waals surface area contributed by atoms with Crippen molar-refractivity contribution in [3.63, 3.8) is 0 Å². The van der Waals surface area contributed by atoms with Gasteiger partial charge < -0.3 is 30.4 Å². The van der Waals surface area contributed by atoms with Gasteiger partial charge in [-0.25, -0.2) is 4.98 Å². The van der Waals surface area contributed by atoms with Gasteiger partial charge in [0.15, 0.2) is 5.95 Å². The Morgan fingerprint density at radius 3 is 2.87 bits per heavy atom. The van der Waals surface area contributed by atoms with Crippen LogP contribution in [0, 0.1) is 0 Å². The molecule has 1 unspecified atom stereocenters. The van der Waals surface area contributed by atoms with Crippen molar-refractivity contribution in [2.45, 2.75) is 12.3 Å². The predicted molar refractivity (Wildman–Crippen MR) is 121 cm³/mol. The van der Waals surface area contributed by atoms with E-state index in [9.17, 15) is 9.90 Å². The number of carboxylic acid groups (broad SMARTS) is 1. The number of carbonyl (C=O) groups is 1. The highest BCUT2D eigenvalue weighted by Crippen LogP contribution is 2.34. The van der Waals surface area contributed by atoms with E-state index in [4.69, 9.17) is 4.74 Å². The average molecular weight is 422 g/mol. The second-order valence-electron chi connectivity index (χ2n) is 7.42. The van der Waals surface area contributed by atoms with E-state index in [0.717, 1.165) is 54.7 Å². The highest BCUT2D eigenvalue weighted by Gasteiger charge is 2.21. The Labute approximate surface area is 181 Å². The van der Waals surface area contributed by atoms with Gasteiger partial charge in [0.25, 0.3) is 0 Å². The Kier molecular flexibility index (Phi) is 6.56. The van der Waals surface area contributed by atoms with E-state index in [2.05, 4.69) is 25.5 Å². The molecule has 4 N–H and O–H groups in total. The highest BCUT2D eigenvalue weighted by molar-refractivity contribution is 5.77. The van der Waals surface area contributed by atoms with Crippen molar-refractivity contribution >= 4 is 23.3 Å². The largest absolute Gasteiger partial charge is 0.489 e. The molecule has 1 aromatic heterocycles. The molecule has 1 aliphatic heterocycles. The normalized spacial score (nSPS) is 13.7. The molecule has 2 heterocycles. The molecule has 3 aromatic rings. The zero-order valence-corrected chi connectivity index (χ0v) is 17.3. The van der Waals surface area contributed by atoms with Crippen LogP contribution in [-0.2, 0) is 4.79 Å². The Morgan fingerprint density at radius 2 is 2.10 bits per heavy atom. The first-order valence-corrected chi connectivity index (χ1v) is 10.5. The number of carboxylic acids is 1. The number of hydrogen-bond donors (Lipinski definition) is 4. The van der Waals surface area contributed by atoms with Gasteiger partial charge in [-0.15, -0.1) is 0 Å². The monoisotopic (exact) mass is 421 g/mol. The Balaban J connectivity index is 1.34. The van der Waals surface area contributed by atoms with E-state index >= 15 is 0 Å². The van der Waals surface area contributed by atoms with E-state index in [-0.39, 0.29) is 0 Å². The summed E-state index contributed by atoms with van der Waals surface area (Å²) >= 11 is 0. The summed E-state index contributed by atoms with van der Waals surface area (Å²) in [5.41, 5.74) is 2.70. The lowest BCUT2D eigenvalue weighted by atomic mass is 9.99. The number of benzene rings is 2. The van der Waals surface area contributed by atoms with Gasteiger partial charge in [0, 0.05) is 43.8 Å². The molecule has 0 bridgehead atoms. The quantitative estimate of drug-likeness (QED) is 0.372. The van der Waals surface area contributed by atoms with Crippen molar-refractivity contribution in [2.75, 3.05) is 48.3 Å². The highest BCUT2D eigenvalue weighted by atomic mass is 16.5. The molecular formula is C23H27N5O3. The minimum Gasteiger partial charge on any atom is -0.489 e. The zero-order chi connectivity index (χ0) is 21.5. The fourth-order valence-corrected chi connectivity index (χ4v) is 3.71. The maximum atomic E-state index is 11.7. The first kappa shape index (κ1) is 20.6. The molecule has 0 saturated carbocycles. The maximum Gasteiger partial charge on any atom is 0.312 e. The minimum atomic E-state index is -0.845. The number of ether oxygens (including phenoxy) is 1. The topological polar surface area (TPSA) is 103 Å². The third kappa shape index (κ3) is 5.28. The Bertz CT molecular complexity index is 978.